The number of benzene rings is 1. The Morgan fingerprint density at radius 1 is 1.23 bits per heavy atom. The van der Waals surface area contributed by atoms with E-state index in [1.54, 1.807) is 12.1 Å². The van der Waals surface area contributed by atoms with Gasteiger partial charge in [0.25, 0.3) is 0 Å². The highest BCUT2D eigenvalue weighted by atomic mass is 16.5. The van der Waals surface area contributed by atoms with E-state index in [4.69, 9.17) is 4.74 Å². The van der Waals surface area contributed by atoms with E-state index in [0.717, 1.165) is 38.0 Å². The van der Waals surface area contributed by atoms with Crippen molar-refractivity contribution >= 4 is 23.3 Å². The van der Waals surface area contributed by atoms with Crippen LogP contribution in [0.4, 0.5) is 11.4 Å². The van der Waals surface area contributed by atoms with Gasteiger partial charge in [-0.05, 0) is 31.0 Å². The van der Waals surface area contributed by atoms with Crippen molar-refractivity contribution in [3.8, 4) is 0 Å². The SMILES string of the molecule is O=C(O)c1cc(N2CCOCC2)ccc1NC(=O)C1CCC1. The number of amides is 1. The summed E-state index contributed by atoms with van der Waals surface area (Å²) in [5.74, 6) is -1.08. The molecule has 0 spiro atoms. The van der Waals surface area contributed by atoms with Crippen LogP contribution in [-0.4, -0.2) is 43.3 Å². The van der Waals surface area contributed by atoms with Gasteiger partial charge in [-0.25, -0.2) is 4.79 Å². The van der Waals surface area contributed by atoms with Crippen molar-refractivity contribution in [1.82, 2.24) is 0 Å². The molecule has 1 aromatic rings. The maximum atomic E-state index is 12.0. The molecule has 2 aliphatic rings. The Morgan fingerprint density at radius 2 is 1.95 bits per heavy atom. The summed E-state index contributed by atoms with van der Waals surface area (Å²) in [6, 6.07) is 5.17. The largest absolute Gasteiger partial charge is 0.478 e. The fourth-order valence-electron chi connectivity index (χ4n) is 2.74. The zero-order valence-corrected chi connectivity index (χ0v) is 12.4. The Bertz CT molecular complexity index is 578. The second-order valence-electron chi connectivity index (χ2n) is 5.75. The maximum Gasteiger partial charge on any atom is 0.337 e. The van der Waals surface area contributed by atoms with E-state index < -0.39 is 5.97 Å². The van der Waals surface area contributed by atoms with E-state index in [1.165, 1.54) is 0 Å². The minimum absolute atomic E-state index is 0.0283. The molecule has 0 radical (unpaired) electrons. The van der Waals surface area contributed by atoms with Gasteiger partial charge in [-0.1, -0.05) is 6.42 Å². The van der Waals surface area contributed by atoms with Crippen molar-refractivity contribution in [1.29, 1.82) is 0 Å². The van der Waals surface area contributed by atoms with Gasteiger partial charge in [0.1, 0.15) is 0 Å². The van der Waals surface area contributed by atoms with E-state index in [0.29, 0.717) is 18.9 Å². The zero-order valence-electron chi connectivity index (χ0n) is 12.4. The van der Waals surface area contributed by atoms with Gasteiger partial charge < -0.3 is 20.1 Å². The molecular formula is C16H20N2O4. The molecule has 2 N–H and O–H groups in total. The predicted molar refractivity (Wildman–Crippen MR) is 82.4 cm³/mol. The van der Waals surface area contributed by atoms with Crippen LogP contribution < -0.4 is 10.2 Å². The third-order valence-corrected chi connectivity index (χ3v) is 4.34. The molecule has 0 aromatic heterocycles. The van der Waals surface area contributed by atoms with Gasteiger partial charge >= 0.3 is 5.97 Å². The summed E-state index contributed by atoms with van der Waals surface area (Å²) in [5, 5.41) is 12.2. The molecule has 3 rings (SSSR count). The van der Waals surface area contributed by atoms with Crippen molar-refractivity contribution in [2.75, 3.05) is 36.5 Å². The van der Waals surface area contributed by atoms with Gasteiger partial charge in [0, 0.05) is 24.7 Å². The highest BCUT2D eigenvalue weighted by Crippen LogP contribution is 2.29. The normalized spacial score (nSPS) is 18.6. The topological polar surface area (TPSA) is 78.9 Å². The molecule has 2 fully saturated rings. The summed E-state index contributed by atoms with van der Waals surface area (Å²) < 4.78 is 5.31. The van der Waals surface area contributed by atoms with Crippen LogP contribution in [0, 0.1) is 5.92 Å². The van der Waals surface area contributed by atoms with E-state index in [2.05, 4.69) is 10.2 Å². The van der Waals surface area contributed by atoms with Gasteiger partial charge in [-0.15, -0.1) is 0 Å². The van der Waals surface area contributed by atoms with E-state index in [9.17, 15) is 14.7 Å². The lowest BCUT2D eigenvalue weighted by Gasteiger charge is -2.29. The van der Waals surface area contributed by atoms with Gasteiger partial charge in [-0.2, -0.15) is 0 Å². The molecule has 1 aliphatic carbocycles. The number of carboxylic acid groups (broad SMARTS) is 1. The van der Waals surface area contributed by atoms with Crippen LogP contribution in [0.25, 0.3) is 0 Å². The lowest BCUT2D eigenvalue weighted by Crippen LogP contribution is -2.36. The Morgan fingerprint density at radius 3 is 2.55 bits per heavy atom. The molecule has 1 saturated heterocycles. The number of anilines is 2. The molecule has 0 unspecified atom stereocenters. The molecule has 1 heterocycles. The second-order valence-corrected chi connectivity index (χ2v) is 5.75. The Balaban J connectivity index is 1.80. The summed E-state index contributed by atoms with van der Waals surface area (Å²) in [4.78, 5) is 25.6. The van der Waals surface area contributed by atoms with Crippen molar-refractivity contribution < 1.29 is 19.4 Å². The number of aromatic carboxylic acids is 1. The molecule has 1 aromatic carbocycles. The van der Waals surface area contributed by atoms with Gasteiger partial charge in [-0.3, -0.25) is 4.79 Å². The highest BCUT2D eigenvalue weighted by Gasteiger charge is 2.26. The van der Waals surface area contributed by atoms with Crippen molar-refractivity contribution in [3.63, 3.8) is 0 Å². The molecule has 6 heteroatoms. The number of carboxylic acids is 1. The third-order valence-electron chi connectivity index (χ3n) is 4.34. The number of nitrogens with zero attached hydrogens (tertiary/aromatic N) is 1. The highest BCUT2D eigenvalue weighted by molar-refractivity contribution is 6.02. The fourth-order valence-corrected chi connectivity index (χ4v) is 2.74. The molecular weight excluding hydrogens is 284 g/mol. The summed E-state index contributed by atoms with van der Waals surface area (Å²) in [6.07, 6.45) is 2.85. The lowest BCUT2D eigenvalue weighted by molar-refractivity contribution is -0.122. The standard InChI is InChI=1S/C16H20N2O4/c19-15(11-2-1-3-11)17-14-5-4-12(10-13(14)16(20)21)18-6-8-22-9-7-18/h4-5,10-11H,1-3,6-9H2,(H,17,19)(H,20,21). The second kappa shape index (κ2) is 6.36. The van der Waals surface area contributed by atoms with Gasteiger partial charge in [0.15, 0.2) is 0 Å². The van der Waals surface area contributed by atoms with Crippen LogP contribution >= 0.6 is 0 Å². The zero-order chi connectivity index (χ0) is 15.5. The number of carbonyl (C=O) groups is 2. The summed E-state index contributed by atoms with van der Waals surface area (Å²) in [5.41, 5.74) is 1.36. The first-order chi connectivity index (χ1) is 10.6. The third kappa shape index (κ3) is 3.06. The minimum Gasteiger partial charge on any atom is -0.478 e. The Labute approximate surface area is 129 Å². The van der Waals surface area contributed by atoms with Gasteiger partial charge in [0.2, 0.25) is 5.91 Å². The average Bonchev–Trinajstić information content (AvgIpc) is 2.46. The Kier molecular flexibility index (Phi) is 4.29. The van der Waals surface area contributed by atoms with Crippen LogP contribution in [0.15, 0.2) is 18.2 Å². The molecule has 22 heavy (non-hydrogen) atoms. The van der Waals surface area contributed by atoms with Crippen LogP contribution in [-0.2, 0) is 9.53 Å². The molecule has 0 bridgehead atoms. The average molecular weight is 304 g/mol. The number of hydrogen-bond donors (Lipinski definition) is 2. The predicted octanol–water partition coefficient (Wildman–Crippen LogP) is 1.96. The number of hydrogen-bond acceptors (Lipinski definition) is 4. The molecule has 1 aliphatic heterocycles. The number of carbonyl (C=O) groups excluding carboxylic acids is 1. The first kappa shape index (κ1) is 14.8. The van der Waals surface area contributed by atoms with Crippen LogP contribution in [0.5, 0.6) is 0 Å². The number of nitrogens with one attached hydrogen (secondary N) is 1. The molecule has 118 valence electrons. The van der Waals surface area contributed by atoms with E-state index in [-0.39, 0.29) is 17.4 Å². The van der Waals surface area contributed by atoms with Crippen molar-refractivity contribution in [2.45, 2.75) is 19.3 Å². The fraction of sp³-hybridized carbons (Fsp3) is 0.500. The van der Waals surface area contributed by atoms with Crippen molar-refractivity contribution in [3.05, 3.63) is 23.8 Å². The number of rotatable bonds is 4. The molecule has 6 nitrogen and oxygen atoms in total. The van der Waals surface area contributed by atoms with Crippen molar-refractivity contribution in [2.24, 2.45) is 5.92 Å². The first-order valence-electron chi connectivity index (χ1n) is 7.66. The van der Waals surface area contributed by atoms with E-state index >= 15 is 0 Å². The van der Waals surface area contributed by atoms with Crippen LogP contribution in [0.1, 0.15) is 29.6 Å². The summed E-state index contributed by atoms with van der Waals surface area (Å²) in [6.45, 7) is 2.77. The summed E-state index contributed by atoms with van der Waals surface area (Å²) >= 11 is 0. The number of ether oxygens (including phenoxy) is 1. The monoisotopic (exact) mass is 304 g/mol. The summed E-state index contributed by atoms with van der Waals surface area (Å²) in [7, 11) is 0. The number of morpholine rings is 1. The maximum absolute atomic E-state index is 12.0. The minimum atomic E-state index is -1.03. The van der Waals surface area contributed by atoms with E-state index in [1.807, 2.05) is 6.07 Å². The van der Waals surface area contributed by atoms with Crippen LogP contribution in [0.3, 0.4) is 0 Å². The smallest absolute Gasteiger partial charge is 0.337 e. The lowest BCUT2D eigenvalue weighted by atomic mass is 9.85. The Hall–Kier alpha value is -2.08. The molecule has 1 amide bonds. The molecule has 1 saturated carbocycles. The first-order valence-corrected chi connectivity index (χ1v) is 7.66. The van der Waals surface area contributed by atoms with Gasteiger partial charge in [0.05, 0.1) is 24.5 Å². The quantitative estimate of drug-likeness (QED) is 0.889. The molecule has 0 atom stereocenters. The van der Waals surface area contributed by atoms with Crippen LogP contribution in [0.2, 0.25) is 0 Å².